The summed E-state index contributed by atoms with van der Waals surface area (Å²) >= 11 is 0. The number of nitrogens with one attached hydrogen (secondary N) is 2. The first-order chi connectivity index (χ1) is 13.5. The van der Waals surface area contributed by atoms with Gasteiger partial charge in [0.05, 0.1) is 7.11 Å². The molecule has 1 heterocycles. The monoisotopic (exact) mass is 384 g/mol. The van der Waals surface area contributed by atoms with E-state index in [4.69, 9.17) is 4.74 Å². The summed E-state index contributed by atoms with van der Waals surface area (Å²) in [4.78, 5) is 15.2. The van der Waals surface area contributed by atoms with E-state index in [1.54, 1.807) is 24.3 Å². The van der Waals surface area contributed by atoms with Gasteiger partial charge in [-0.2, -0.15) is 8.78 Å². The second-order valence-electron chi connectivity index (χ2n) is 5.77. The van der Waals surface area contributed by atoms with Gasteiger partial charge in [0, 0.05) is 23.7 Å². The van der Waals surface area contributed by atoms with E-state index in [0.717, 1.165) is 11.3 Å². The molecule has 3 rings (SSSR count). The van der Waals surface area contributed by atoms with Crippen molar-refractivity contribution < 1.29 is 23.0 Å². The van der Waals surface area contributed by atoms with Crippen molar-refractivity contribution in [2.45, 2.75) is 6.61 Å². The van der Waals surface area contributed by atoms with Crippen molar-refractivity contribution >= 4 is 17.7 Å². The lowest BCUT2D eigenvalue weighted by Crippen LogP contribution is -2.07. The zero-order valence-corrected chi connectivity index (χ0v) is 15.0. The molecule has 0 saturated heterocycles. The van der Waals surface area contributed by atoms with Gasteiger partial charge in [0.25, 0.3) is 0 Å². The number of carbonyl (C=O) groups excluding carboxylic acids is 1. The molecule has 0 spiro atoms. The highest BCUT2D eigenvalue weighted by molar-refractivity contribution is 6.02. The number of hydrogen-bond acceptors (Lipinski definition) is 3. The lowest BCUT2D eigenvalue weighted by atomic mass is 10.1. The number of rotatable bonds is 7. The molecule has 28 heavy (non-hydrogen) atoms. The number of amides is 1. The van der Waals surface area contributed by atoms with Gasteiger partial charge in [-0.05, 0) is 53.6 Å². The van der Waals surface area contributed by atoms with Crippen LogP contribution in [0.3, 0.4) is 0 Å². The van der Waals surface area contributed by atoms with E-state index >= 15 is 0 Å². The Bertz CT molecular complexity index is 952. The Balaban J connectivity index is 1.63. The molecule has 1 aromatic heterocycles. The molecular weight excluding hydrogens is 366 g/mol. The van der Waals surface area contributed by atoms with Crippen LogP contribution < -0.4 is 14.8 Å². The maximum Gasteiger partial charge on any atom is 0.387 e. The number of anilines is 1. The van der Waals surface area contributed by atoms with E-state index < -0.39 is 6.61 Å². The average molecular weight is 384 g/mol. The Morgan fingerprint density at radius 1 is 1.11 bits per heavy atom. The molecule has 0 unspecified atom stereocenters. The van der Waals surface area contributed by atoms with E-state index in [0.29, 0.717) is 11.3 Å². The van der Waals surface area contributed by atoms with E-state index in [2.05, 4.69) is 15.0 Å². The molecule has 0 radical (unpaired) electrons. The highest BCUT2D eigenvalue weighted by Crippen LogP contribution is 2.29. The fraction of sp³-hybridized carbons (Fsp3) is 0.0952. The summed E-state index contributed by atoms with van der Waals surface area (Å²) in [6.45, 7) is -2.94. The van der Waals surface area contributed by atoms with Crippen LogP contribution in [-0.2, 0) is 4.79 Å². The molecule has 7 heteroatoms. The smallest absolute Gasteiger partial charge is 0.387 e. The topological polar surface area (TPSA) is 63.3 Å². The molecule has 2 N–H and O–H groups in total. The summed E-state index contributed by atoms with van der Waals surface area (Å²) in [5, 5.41) is 2.76. The van der Waals surface area contributed by atoms with Crippen molar-refractivity contribution in [3.8, 4) is 22.8 Å². The third-order valence-electron chi connectivity index (χ3n) is 3.89. The van der Waals surface area contributed by atoms with E-state index in [1.165, 1.54) is 25.3 Å². The normalized spacial score (nSPS) is 11.0. The number of hydrogen-bond donors (Lipinski definition) is 2. The van der Waals surface area contributed by atoms with Crippen LogP contribution in [0.2, 0.25) is 0 Å². The number of methoxy groups -OCH3 is 1. The van der Waals surface area contributed by atoms with Gasteiger partial charge in [-0.1, -0.05) is 18.2 Å². The van der Waals surface area contributed by atoms with Crippen LogP contribution in [0, 0.1) is 0 Å². The van der Waals surface area contributed by atoms with E-state index in [1.807, 2.05) is 30.5 Å². The molecule has 144 valence electrons. The minimum Gasteiger partial charge on any atom is -0.493 e. The molecule has 0 aliphatic rings. The summed E-state index contributed by atoms with van der Waals surface area (Å²) in [7, 11) is 1.35. The fourth-order valence-corrected chi connectivity index (χ4v) is 2.58. The Kier molecular flexibility index (Phi) is 6.06. The molecule has 3 aromatic rings. The lowest BCUT2D eigenvalue weighted by Gasteiger charge is -2.10. The number of halogens is 2. The van der Waals surface area contributed by atoms with Crippen LogP contribution in [0.1, 0.15) is 5.56 Å². The van der Waals surface area contributed by atoms with E-state index in [9.17, 15) is 13.6 Å². The van der Waals surface area contributed by atoms with Crippen molar-refractivity contribution in [3.63, 3.8) is 0 Å². The molecule has 0 fully saturated rings. The zero-order valence-electron chi connectivity index (χ0n) is 15.0. The first-order valence-electron chi connectivity index (χ1n) is 8.41. The predicted molar refractivity (Wildman–Crippen MR) is 104 cm³/mol. The number of ether oxygens (including phenoxy) is 2. The second-order valence-corrected chi connectivity index (χ2v) is 5.77. The number of carbonyl (C=O) groups is 1. The third-order valence-corrected chi connectivity index (χ3v) is 3.89. The summed E-state index contributed by atoms with van der Waals surface area (Å²) in [5.41, 5.74) is 3.27. The van der Waals surface area contributed by atoms with Gasteiger partial charge in [-0.3, -0.25) is 4.79 Å². The molecule has 0 saturated carbocycles. The summed E-state index contributed by atoms with van der Waals surface area (Å²) in [5.74, 6) is -0.233. The van der Waals surface area contributed by atoms with Crippen molar-refractivity contribution in [2.75, 3.05) is 12.4 Å². The Morgan fingerprint density at radius 3 is 2.54 bits per heavy atom. The Morgan fingerprint density at radius 2 is 1.89 bits per heavy atom. The van der Waals surface area contributed by atoms with Crippen LogP contribution in [0.25, 0.3) is 17.3 Å². The molecule has 0 bridgehead atoms. The van der Waals surface area contributed by atoms with Gasteiger partial charge >= 0.3 is 6.61 Å². The van der Waals surface area contributed by atoms with Crippen molar-refractivity contribution in [3.05, 3.63) is 72.4 Å². The highest BCUT2D eigenvalue weighted by Gasteiger charge is 2.10. The van der Waals surface area contributed by atoms with Crippen molar-refractivity contribution in [2.24, 2.45) is 0 Å². The van der Waals surface area contributed by atoms with Crippen LogP contribution in [0.5, 0.6) is 11.5 Å². The van der Waals surface area contributed by atoms with E-state index in [-0.39, 0.29) is 17.4 Å². The van der Waals surface area contributed by atoms with Crippen molar-refractivity contribution in [1.82, 2.24) is 4.98 Å². The first-order valence-corrected chi connectivity index (χ1v) is 8.41. The summed E-state index contributed by atoms with van der Waals surface area (Å²) < 4.78 is 34.1. The maximum atomic E-state index is 12.4. The lowest BCUT2D eigenvalue weighted by molar-refractivity contribution is -0.111. The van der Waals surface area contributed by atoms with Crippen LogP contribution in [-0.4, -0.2) is 24.6 Å². The standard InChI is InChI=1S/C21H18F2N2O3/c1-27-19-13-14(4-10-18(19)28-21(22)23)5-11-20(26)25-16-8-6-15(7-9-16)17-3-2-12-24-17/h2-13,21,24H,1H3,(H,25,26)/b11-5+. The number of benzene rings is 2. The molecule has 5 nitrogen and oxygen atoms in total. The van der Waals surface area contributed by atoms with Crippen LogP contribution >= 0.6 is 0 Å². The number of alkyl halides is 2. The zero-order chi connectivity index (χ0) is 19.9. The Labute approximate surface area is 160 Å². The molecule has 1 amide bonds. The van der Waals surface area contributed by atoms with Crippen LogP contribution in [0.15, 0.2) is 66.9 Å². The highest BCUT2D eigenvalue weighted by atomic mass is 19.3. The van der Waals surface area contributed by atoms with Gasteiger partial charge < -0.3 is 19.8 Å². The minimum absolute atomic E-state index is 0.0683. The molecule has 0 atom stereocenters. The van der Waals surface area contributed by atoms with Crippen LogP contribution in [0.4, 0.5) is 14.5 Å². The fourth-order valence-electron chi connectivity index (χ4n) is 2.58. The molecular formula is C21H18F2N2O3. The summed E-state index contributed by atoms with van der Waals surface area (Å²) in [6, 6.07) is 15.7. The number of H-pyrrole nitrogens is 1. The van der Waals surface area contributed by atoms with Gasteiger partial charge in [0.15, 0.2) is 11.5 Å². The first kappa shape index (κ1) is 19.2. The molecule has 2 aromatic carbocycles. The van der Waals surface area contributed by atoms with Gasteiger partial charge in [0.1, 0.15) is 0 Å². The maximum absolute atomic E-state index is 12.4. The quantitative estimate of drug-likeness (QED) is 0.567. The largest absolute Gasteiger partial charge is 0.493 e. The van der Waals surface area contributed by atoms with Gasteiger partial charge in [-0.15, -0.1) is 0 Å². The molecule has 0 aliphatic carbocycles. The summed E-state index contributed by atoms with van der Waals surface area (Å²) in [6.07, 6.45) is 4.75. The third kappa shape index (κ3) is 4.97. The number of aromatic amines is 1. The molecule has 0 aliphatic heterocycles. The van der Waals surface area contributed by atoms with Crippen molar-refractivity contribution in [1.29, 1.82) is 0 Å². The van der Waals surface area contributed by atoms with Gasteiger partial charge in [0.2, 0.25) is 5.91 Å². The Hall–Kier alpha value is -3.61. The second kappa shape index (κ2) is 8.85. The number of aromatic nitrogens is 1. The average Bonchev–Trinajstić information content (AvgIpc) is 3.22. The minimum atomic E-state index is -2.94. The van der Waals surface area contributed by atoms with Gasteiger partial charge in [-0.25, -0.2) is 0 Å². The SMILES string of the molecule is COc1cc(/C=C/C(=O)Nc2ccc(-c3ccc[nH]3)cc2)ccc1OC(F)F. The predicted octanol–water partition coefficient (Wildman–Crippen LogP) is 4.94.